The average molecular weight is 227 g/mol. The second kappa shape index (κ2) is 5.12. The van der Waals surface area contributed by atoms with E-state index in [-0.39, 0.29) is 5.91 Å². The van der Waals surface area contributed by atoms with E-state index >= 15 is 0 Å². The summed E-state index contributed by atoms with van der Waals surface area (Å²) in [7, 11) is 0. The number of hydrogen-bond donors (Lipinski definition) is 2. The Bertz CT molecular complexity index is 511. The molecule has 17 heavy (non-hydrogen) atoms. The van der Waals surface area contributed by atoms with Crippen LogP contribution in [-0.4, -0.2) is 10.9 Å². The van der Waals surface area contributed by atoms with Gasteiger partial charge in [0.15, 0.2) is 0 Å². The molecule has 0 fully saturated rings. The number of hydrogen-bond acceptors (Lipinski definition) is 3. The van der Waals surface area contributed by atoms with Gasteiger partial charge in [-0.15, -0.1) is 0 Å². The van der Waals surface area contributed by atoms with E-state index in [0.717, 1.165) is 5.56 Å². The molecule has 0 spiro atoms. The van der Waals surface area contributed by atoms with Crippen LogP contribution in [0, 0.1) is 0 Å². The van der Waals surface area contributed by atoms with Gasteiger partial charge in [0, 0.05) is 6.54 Å². The number of carbonyl (C=O) groups is 1. The number of carbonyl (C=O) groups excluding carboxylic acids is 1. The lowest BCUT2D eigenvalue weighted by atomic mass is 10.2. The van der Waals surface area contributed by atoms with E-state index < -0.39 is 0 Å². The van der Waals surface area contributed by atoms with Crippen LogP contribution in [0.1, 0.15) is 16.1 Å². The minimum absolute atomic E-state index is 0.221. The van der Waals surface area contributed by atoms with E-state index in [0.29, 0.717) is 18.1 Å². The number of aromatic nitrogens is 1. The topological polar surface area (TPSA) is 68.0 Å². The summed E-state index contributed by atoms with van der Waals surface area (Å²) in [5.74, 6) is 0.124. The monoisotopic (exact) mass is 227 g/mol. The Labute approximate surface area is 99.5 Å². The van der Waals surface area contributed by atoms with Crippen molar-refractivity contribution >= 4 is 11.7 Å². The molecule has 0 atom stereocenters. The Kier molecular flexibility index (Phi) is 3.35. The number of nitrogens with zero attached hydrogens (tertiary/aromatic N) is 1. The molecule has 0 saturated carbocycles. The van der Waals surface area contributed by atoms with Crippen molar-refractivity contribution in [3.63, 3.8) is 0 Å². The van der Waals surface area contributed by atoms with E-state index in [4.69, 9.17) is 5.73 Å². The minimum atomic E-state index is -0.221. The van der Waals surface area contributed by atoms with Crippen LogP contribution in [0.4, 0.5) is 5.82 Å². The van der Waals surface area contributed by atoms with Crippen LogP contribution in [0.25, 0.3) is 0 Å². The number of benzene rings is 1. The molecular formula is C13H13N3O. The third-order valence-electron chi connectivity index (χ3n) is 2.30. The molecule has 86 valence electrons. The Balaban J connectivity index is 1.98. The molecule has 0 aliphatic carbocycles. The first kappa shape index (κ1) is 11.1. The van der Waals surface area contributed by atoms with Crippen molar-refractivity contribution in [2.24, 2.45) is 0 Å². The molecule has 3 N–H and O–H groups in total. The summed E-state index contributed by atoms with van der Waals surface area (Å²) in [6.45, 7) is 0.482. The Morgan fingerprint density at radius 1 is 1.12 bits per heavy atom. The number of amides is 1. The van der Waals surface area contributed by atoms with Crippen LogP contribution in [0.3, 0.4) is 0 Å². The fourth-order valence-electron chi connectivity index (χ4n) is 1.45. The highest BCUT2D eigenvalue weighted by Gasteiger charge is 2.06. The summed E-state index contributed by atoms with van der Waals surface area (Å²) >= 11 is 0. The van der Waals surface area contributed by atoms with Crippen molar-refractivity contribution in [2.75, 3.05) is 5.73 Å². The average Bonchev–Trinajstić information content (AvgIpc) is 2.37. The number of pyridine rings is 1. The molecule has 4 nitrogen and oxygen atoms in total. The smallest absolute Gasteiger partial charge is 0.270 e. The van der Waals surface area contributed by atoms with Crippen molar-refractivity contribution in [1.29, 1.82) is 0 Å². The lowest BCUT2D eigenvalue weighted by Crippen LogP contribution is -2.23. The lowest BCUT2D eigenvalue weighted by molar-refractivity contribution is 0.0946. The number of nitrogens with one attached hydrogen (secondary N) is 1. The van der Waals surface area contributed by atoms with Crippen molar-refractivity contribution in [3.05, 3.63) is 59.8 Å². The van der Waals surface area contributed by atoms with E-state index in [2.05, 4.69) is 10.3 Å². The molecule has 1 amide bonds. The largest absolute Gasteiger partial charge is 0.384 e. The van der Waals surface area contributed by atoms with Gasteiger partial charge in [-0.25, -0.2) is 4.98 Å². The van der Waals surface area contributed by atoms with Gasteiger partial charge in [-0.3, -0.25) is 4.79 Å². The molecule has 1 heterocycles. The minimum Gasteiger partial charge on any atom is -0.384 e. The fraction of sp³-hybridized carbons (Fsp3) is 0.0769. The maximum Gasteiger partial charge on any atom is 0.270 e. The van der Waals surface area contributed by atoms with Crippen molar-refractivity contribution in [3.8, 4) is 0 Å². The summed E-state index contributed by atoms with van der Waals surface area (Å²) < 4.78 is 0. The zero-order chi connectivity index (χ0) is 12.1. The second-order valence-corrected chi connectivity index (χ2v) is 3.62. The van der Waals surface area contributed by atoms with Crippen LogP contribution in [0.2, 0.25) is 0 Å². The third-order valence-corrected chi connectivity index (χ3v) is 2.30. The van der Waals surface area contributed by atoms with E-state index in [1.54, 1.807) is 18.2 Å². The predicted molar refractivity (Wildman–Crippen MR) is 66.3 cm³/mol. The fourth-order valence-corrected chi connectivity index (χ4v) is 1.45. The maximum atomic E-state index is 11.7. The number of nitrogens with two attached hydrogens (primary N) is 1. The first-order chi connectivity index (χ1) is 8.25. The molecule has 0 saturated heterocycles. The Hall–Kier alpha value is -2.36. The van der Waals surface area contributed by atoms with Crippen molar-refractivity contribution in [1.82, 2.24) is 10.3 Å². The van der Waals surface area contributed by atoms with E-state index in [9.17, 15) is 4.79 Å². The maximum absolute atomic E-state index is 11.7. The number of nitrogen functional groups attached to an aromatic ring is 1. The van der Waals surface area contributed by atoms with Gasteiger partial charge < -0.3 is 11.1 Å². The lowest BCUT2D eigenvalue weighted by Gasteiger charge is -2.04. The van der Waals surface area contributed by atoms with Gasteiger partial charge in [-0.2, -0.15) is 0 Å². The molecule has 0 aliphatic rings. The van der Waals surface area contributed by atoms with Crippen LogP contribution in [0.15, 0.2) is 48.5 Å². The number of rotatable bonds is 3. The first-order valence-corrected chi connectivity index (χ1v) is 5.30. The van der Waals surface area contributed by atoms with Crippen molar-refractivity contribution < 1.29 is 4.79 Å². The molecule has 1 aromatic carbocycles. The normalized spacial score (nSPS) is 9.88. The highest BCUT2D eigenvalue weighted by atomic mass is 16.1. The summed E-state index contributed by atoms with van der Waals surface area (Å²) in [5.41, 5.74) is 6.89. The van der Waals surface area contributed by atoms with Gasteiger partial charge in [0.25, 0.3) is 5.91 Å². The van der Waals surface area contributed by atoms with Gasteiger partial charge in [0.2, 0.25) is 0 Å². The molecule has 0 radical (unpaired) electrons. The van der Waals surface area contributed by atoms with Gasteiger partial charge in [-0.05, 0) is 17.7 Å². The predicted octanol–water partition coefficient (Wildman–Crippen LogP) is 1.59. The summed E-state index contributed by atoms with van der Waals surface area (Å²) in [4.78, 5) is 15.7. The van der Waals surface area contributed by atoms with Crippen LogP contribution in [-0.2, 0) is 6.54 Å². The quantitative estimate of drug-likeness (QED) is 0.836. The zero-order valence-electron chi connectivity index (χ0n) is 9.26. The standard InChI is InChI=1S/C13H13N3O/c14-12-8-4-7-11(16-12)13(17)15-9-10-5-2-1-3-6-10/h1-8H,9H2,(H2,14,16)(H,15,17). The first-order valence-electron chi connectivity index (χ1n) is 5.30. The molecule has 2 rings (SSSR count). The van der Waals surface area contributed by atoms with Crippen LogP contribution >= 0.6 is 0 Å². The zero-order valence-corrected chi connectivity index (χ0v) is 9.26. The molecule has 4 heteroatoms. The number of anilines is 1. The highest BCUT2D eigenvalue weighted by molar-refractivity contribution is 5.92. The SMILES string of the molecule is Nc1cccc(C(=O)NCc2ccccc2)n1. The van der Waals surface area contributed by atoms with Crippen LogP contribution in [0.5, 0.6) is 0 Å². The van der Waals surface area contributed by atoms with Crippen molar-refractivity contribution in [2.45, 2.75) is 6.54 Å². The van der Waals surface area contributed by atoms with E-state index in [1.165, 1.54) is 0 Å². The highest BCUT2D eigenvalue weighted by Crippen LogP contribution is 2.02. The molecule has 0 aliphatic heterocycles. The summed E-state index contributed by atoms with van der Waals surface area (Å²) in [5, 5.41) is 2.79. The van der Waals surface area contributed by atoms with Gasteiger partial charge in [0.05, 0.1) is 0 Å². The molecule has 1 aromatic heterocycles. The molecule has 2 aromatic rings. The second-order valence-electron chi connectivity index (χ2n) is 3.62. The molecule has 0 bridgehead atoms. The van der Waals surface area contributed by atoms with Gasteiger partial charge >= 0.3 is 0 Å². The summed E-state index contributed by atoms with van der Waals surface area (Å²) in [6, 6.07) is 14.7. The van der Waals surface area contributed by atoms with Gasteiger partial charge in [0.1, 0.15) is 11.5 Å². The van der Waals surface area contributed by atoms with Crippen LogP contribution < -0.4 is 11.1 Å². The molecular weight excluding hydrogens is 214 g/mol. The van der Waals surface area contributed by atoms with E-state index in [1.807, 2.05) is 30.3 Å². The summed E-state index contributed by atoms with van der Waals surface area (Å²) in [6.07, 6.45) is 0. The van der Waals surface area contributed by atoms with Gasteiger partial charge in [-0.1, -0.05) is 36.4 Å². The third kappa shape index (κ3) is 3.04. The Morgan fingerprint density at radius 2 is 1.88 bits per heavy atom. The molecule has 0 unspecified atom stereocenters. The Morgan fingerprint density at radius 3 is 2.59 bits per heavy atom.